The molecule has 3 nitrogen and oxygen atoms in total. The van der Waals surface area contributed by atoms with Crippen LogP contribution in [0.5, 0.6) is 11.5 Å². The lowest BCUT2D eigenvalue weighted by atomic mass is 10.1. The van der Waals surface area contributed by atoms with E-state index < -0.39 is 0 Å². The van der Waals surface area contributed by atoms with E-state index in [4.69, 9.17) is 21.1 Å². The molecule has 0 aliphatic heterocycles. The van der Waals surface area contributed by atoms with Crippen LogP contribution in [0.2, 0.25) is 5.02 Å². The Bertz CT molecular complexity index is 646. The van der Waals surface area contributed by atoms with Crippen molar-refractivity contribution in [1.29, 1.82) is 0 Å². The van der Waals surface area contributed by atoms with Crippen molar-refractivity contribution in [3.8, 4) is 11.5 Å². The van der Waals surface area contributed by atoms with Crippen molar-refractivity contribution in [3.05, 3.63) is 52.3 Å². The Balaban J connectivity index is 2.21. The highest BCUT2D eigenvalue weighted by atomic mass is 35.5. The molecule has 0 heterocycles. The number of ether oxygens (including phenoxy) is 2. The van der Waals surface area contributed by atoms with Gasteiger partial charge in [0, 0.05) is 12.6 Å². The lowest BCUT2D eigenvalue weighted by Gasteiger charge is -2.14. The molecule has 0 aliphatic rings. The molecule has 0 radical (unpaired) electrons. The summed E-state index contributed by atoms with van der Waals surface area (Å²) >= 11 is 6.12. The summed E-state index contributed by atoms with van der Waals surface area (Å²) in [5, 5.41) is 3.74. The number of anilines is 1. The van der Waals surface area contributed by atoms with E-state index in [2.05, 4.69) is 5.32 Å². The SMILES string of the molecule is COc1cc(OC)c(NCc2ccc(F)cc2C)cc1Cl. The minimum absolute atomic E-state index is 0.235. The maximum absolute atomic E-state index is 13.1. The molecule has 1 N–H and O–H groups in total. The topological polar surface area (TPSA) is 30.5 Å². The number of hydrogen-bond donors (Lipinski definition) is 1. The van der Waals surface area contributed by atoms with Crippen LogP contribution in [0.1, 0.15) is 11.1 Å². The normalized spacial score (nSPS) is 10.3. The van der Waals surface area contributed by atoms with E-state index in [1.165, 1.54) is 12.1 Å². The number of benzene rings is 2. The van der Waals surface area contributed by atoms with Gasteiger partial charge < -0.3 is 14.8 Å². The fourth-order valence-corrected chi connectivity index (χ4v) is 2.29. The summed E-state index contributed by atoms with van der Waals surface area (Å²) in [5.41, 5.74) is 2.65. The van der Waals surface area contributed by atoms with Crippen molar-refractivity contribution in [2.75, 3.05) is 19.5 Å². The predicted molar refractivity (Wildman–Crippen MR) is 83.0 cm³/mol. The van der Waals surface area contributed by atoms with E-state index in [1.54, 1.807) is 32.4 Å². The average molecular weight is 310 g/mol. The molecule has 5 heteroatoms. The molecule has 0 bridgehead atoms. The summed E-state index contributed by atoms with van der Waals surface area (Å²) in [7, 11) is 3.13. The molecule has 0 aromatic heterocycles. The van der Waals surface area contributed by atoms with Crippen LogP contribution in [0.4, 0.5) is 10.1 Å². The van der Waals surface area contributed by atoms with E-state index >= 15 is 0 Å². The van der Waals surface area contributed by atoms with E-state index in [0.29, 0.717) is 23.1 Å². The molecule has 21 heavy (non-hydrogen) atoms. The molecule has 0 saturated carbocycles. The number of aryl methyl sites for hydroxylation is 1. The molecule has 0 atom stereocenters. The molecular formula is C16H17ClFNO2. The Kier molecular flexibility index (Phi) is 4.91. The van der Waals surface area contributed by atoms with Gasteiger partial charge in [0.2, 0.25) is 0 Å². The van der Waals surface area contributed by atoms with Crippen molar-refractivity contribution in [2.24, 2.45) is 0 Å². The largest absolute Gasteiger partial charge is 0.495 e. The minimum Gasteiger partial charge on any atom is -0.495 e. The molecule has 0 aliphatic carbocycles. The van der Waals surface area contributed by atoms with E-state index in [1.807, 2.05) is 6.92 Å². The Morgan fingerprint density at radius 1 is 1.10 bits per heavy atom. The Morgan fingerprint density at radius 2 is 1.81 bits per heavy atom. The Hall–Kier alpha value is -1.94. The fraction of sp³-hybridized carbons (Fsp3) is 0.250. The van der Waals surface area contributed by atoms with Crippen LogP contribution in [-0.4, -0.2) is 14.2 Å². The van der Waals surface area contributed by atoms with Gasteiger partial charge in [0.1, 0.15) is 17.3 Å². The third kappa shape index (κ3) is 3.58. The van der Waals surface area contributed by atoms with E-state index in [9.17, 15) is 4.39 Å². The second-order valence-electron chi connectivity index (χ2n) is 4.61. The van der Waals surface area contributed by atoms with Gasteiger partial charge in [0.15, 0.2) is 0 Å². The number of hydrogen-bond acceptors (Lipinski definition) is 3. The van der Waals surface area contributed by atoms with Crippen molar-refractivity contribution < 1.29 is 13.9 Å². The molecule has 0 spiro atoms. The zero-order valence-corrected chi connectivity index (χ0v) is 12.9. The first-order valence-electron chi connectivity index (χ1n) is 6.45. The molecule has 2 aromatic rings. The summed E-state index contributed by atoms with van der Waals surface area (Å²) in [5.74, 6) is 0.953. The second kappa shape index (κ2) is 6.68. The van der Waals surface area contributed by atoms with Gasteiger partial charge in [-0.15, -0.1) is 0 Å². The zero-order chi connectivity index (χ0) is 15.4. The summed E-state index contributed by atoms with van der Waals surface area (Å²) < 4.78 is 23.6. The highest BCUT2D eigenvalue weighted by molar-refractivity contribution is 6.32. The van der Waals surface area contributed by atoms with Crippen molar-refractivity contribution in [2.45, 2.75) is 13.5 Å². The molecule has 112 valence electrons. The van der Waals surface area contributed by atoms with Gasteiger partial charge >= 0.3 is 0 Å². The summed E-state index contributed by atoms with van der Waals surface area (Å²) in [6, 6.07) is 8.19. The van der Waals surface area contributed by atoms with Gasteiger partial charge in [0.05, 0.1) is 24.9 Å². The first kappa shape index (κ1) is 15.4. The van der Waals surface area contributed by atoms with Gasteiger partial charge in [-0.3, -0.25) is 0 Å². The summed E-state index contributed by atoms with van der Waals surface area (Å²) in [4.78, 5) is 0. The predicted octanol–water partition coefficient (Wildman–Crippen LogP) is 4.42. The van der Waals surface area contributed by atoms with Crippen LogP contribution in [0, 0.1) is 12.7 Å². The summed E-state index contributed by atoms with van der Waals surface area (Å²) in [6.45, 7) is 2.42. The van der Waals surface area contributed by atoms with E-state index in [-0.39, 0.29) is 5.82 Å². The van der Waals surface area contributed by atoms with Crippen LogP contribution < -0.4 is 14.8 Å². The average Bonchev–Trinajstić information content (AvgIpc) is 2.46. The van der Waals surface area contributed by atoms with Crippen LogP contribution in [0.15, 0.2) is 30.3 Å². The van der Waals surface area contributed by atoms with Crippen LogP contribution in [-0.2, 0) is 6.54 Å². The lowest BCUT2D eigenvalue weighted by Crippen LogP contribution is -2.03. The molecule has 0 fully saturated rings. The van der Waals surface area contributed by atoms with Gasteiger partial charge in [-0.05, 0) is 36.2 Å². The first-order chi connectivity index (χ1) is 10.0. The van der Waals surface area contributed by atoms with Crippen molar-refractivity contribution >= 4 is 17.3 Å². The molecule has 0 amide bonds. The quantitative estimate of drug-likeness (QED) is 0.887. The number of nitrogens with one attached hydrogen (secondary N) is 1. The number of methoxy groups -OCH3 is 2. The highest BCUT2D eigenvalue weighted by Gasteiger charge is 2.10. The summed E-state index contributed by atoms with van der Waals surface area (Å²) in [6.07, 6.45) is 0. The number of rotatable bonds is 5. The Labute approximate surface area is 128 Å². The van der Waals surface area contributed by atoms with Crippen LogP contribution in [0.25, 0.3) is 0 Å². The van der Waals surface area contributed by atoms with Crippen molar-refractivity contribution in [3.63, 3.8) is 0 Å². The van der Waals surface area contributed by atoms with Gasteiger partial charge in [-0.25, -0.2) is 4.39 Å². The third-order valence-electron chi connectivity index (χ3n) is 3.25. The van der Waals surface area contributed by atoms with Gasteiger partial charge in [-0.1, -0.05) is 17.7 Å². The monoisotopic (exact) mass is 309 g/mol. The van der Waals surface area contributed by atoms with Crippen LogP contribution in [0.3, 0.4) is 0 Å². The minimum atomic E-state index is -0.235. The molecule has 0 unspecified atom stereocenters. The second-order valence-corrected chi connectivity index (χ2v) is 5.02. The molecular weight excluding hydrogens is 293 g/mol. The smallest absolute Gasteiger partial charge is 0.145 e. The van der Waals surface area contributed by atoms with E-state index in [0.717, 1.165) is 16.8 Å². The van der Waals surface area contributed by atoms with Gasteiger partial charge in [0.25, 0.3) is 0 Å². The molecule has 2 rings (SSSR count). The number of halogens is 2. The molecule has 0 saturated heterocycles. The highest BCUT2D eigenvalue weighted by Crippen LogP contribution is 2.36. The lowest BCUT2D eigenvalue weighted by molar-refractivity contribution is 0.395. The maximum Gasteiger partial charge on any atom is 0.145 e. The van der Waals surface area contributed by atoms with Gasteiger partial charge in [-0.2, -0.15) is 0 Å². The first-order valence-corrected chi connectivity index (χ1v) is 6.83. The fourth-order valence-electron chi connectivity index (χ4n) is 2.05. The third-order valence-corrected chi connectivity index (χ3v) is 3.54. The zero-order valence-electron chi connectivity index (χ0n) is 12.2. The standard InChI is InChI=1S/C16H17ClFNO2/c1-10-6-12(18)5-4-11(10)9-19-14-7-13(17)15(20-2)8-16(14)21-3/h4-8,19H,9H2,1-3H3. The molecule has 2 aromatic carbocycles. The van der Waals surface area contributed by atoms with Crippen molar-refractivity contribution in [1.82, 2.24) is 0 Å². The maximum atomic E-state index is 13.1. The van der Waals surface area contributed by atoms with Crippen LogP contribution >= 0.6 is 11.6 Å². The Morgan fingerprint density at radius 3 is 2.43 bits per heavy atom.